The average Bonchev–Trinajstić information content (AvgIpc) is 3.41. The Morgan fingerprint density at radius 1 is 1.17 bits per heavy atom. The molecule has 2 heterocycles. The van der Waals surface area contributed by atoms with E-state index in [2.05, 4.69) is 4.99 Å². The van der Waals surface area contributed by atoms with Gasteiger partial charge in [0.05, 0.1) is 6.04 Å². The minimum atomic E-state index is -4.26. The summed E-state index contributed by atoms with van der Waals surface area (Å²) < 4.78 is 49.4. The van der Waals surface area contributed by atoms with Crippen LogP contribution in [0, 0.1) is 5.82 Å². The molecule has 1 amide bonds. The number of ether oxygens (including phenoxy) is 1. The highest BCUT2D eigenvalue weighted by atomic mass is 32.2. The number of fused-ring (bicyclic) bond motifs is 1. The maximum absolute atomic E-state index is 15.8. The lowest BCUT2D eigenvalue weighted by molar-refractivity contribution is -0.117. The molecular weight excluding hydrogens is 473 g/mol. The minimum Gasteiger partial charge on any atom is -0.487 e. The summed E-state index contributed by atoms with van der Waals surface area (Å²) in [6.07, 6.45) is 4.61. The smallest absolute Gasteiger partial charge is 0.326 e. The lowest BCUT2D eigenvalue weighted by Gasteiger charge is -2.21. The van der Waals surface area contributed by atoms with E-state index in [-0.39, 0.29) is 35.9 Å². The molecule has 0 radical (unpaired) electrons. The van der Waals surface area contributed by atoms with E-state index in [1.165, 1.54) is 0 Å². The molecule has 1 unspecified atom stereocenters. The highest BCUT2D eigenvalue weighted by Crippen LogP contribution is 2.40. The van der Waals surface area contributed by atoms with Crippen LogP contribution in [0.4, 0.5) is 10.1 Å². The number of carbonyl (C=O) groups is 2. The second kappa shape index (κ2) is 8.95. The summed E-state index contributed by atoms with van der Waals surface area (Å²) in [5.41, 5.74) is 2.04. The number of aliphatic imine (C=N–C) groups is 1. The summed E-state index contributed by atoms with van der Waals surface area (Å²) >= 11 is 0. The number of nitrogens with one attached hydrogen (secondary N) is 1. The number of hydrogen-bond donors (Lipinski definition) is 1. The van der Waals surface area contributed by atoms with Gasteiger partial charge in [-0.3, -0.25) is 9.79 Å². The SMILES string of the molecule is O=CCC1C=C(c2ccc3c(F)c(N4CC(=O)NS4(=O)=O)c(OCc4ccccc4)cc3c2)C=N1. The van der Waals surface area contributed by atoms with Crippen LogP contribution in [0.15, 0.2) is 65.7 Å². The highest BCUT2D eigenvalue weighted by molar-refractivity contribution is 7.92. The van der Waals surface area contributed by atoms with Crippen molar-refractivity contribution in [3.8, 4) is 5.75 Å². The first-order valence-electron chi connectivity index (χ1n) is 10.8. The number of halogens is 1. The Morgan fingerprint density at radius 3 is 2.69 bits per heavy atom. The van der Waals surface area contributed by atoms with Crippen LogP contribution in [0.3, 0.4) is 0 Å². The number of hydrogen-bond acceptors (Lipinski definition) is 6. The van der Waals surface area contributed by atoms with Crippen molar-refractivity contribution in [3.05, 3.63) is 77.6 Å². The van der Waals surface area contributed by atoms with Gasteiger partial charge in [-0.05, 0) is 34.2 Å². The number of amides is 1. The maximum Gasteiger partial charge on any atom is 0.326 e. The van der Waals surface area contributed by atoms with Gasteiger partial charge in [-0.25, -0.2) is 13.4 Å². The van der Waals surface area contributed by atoms with E-state index >= 15 is 4.39 Å². The summed E-state index contributed by atoms with van der Waals surface area (Å²) in [6, 6.07) is 15.5. The van der Waals surface area contributed by atoms with E-state index < -0.39 is 28.5 Å². The van der Waals surface area contributed by atoms with Gasteiger partial charge in [0, 0.05) is 18.0 Å². The first-order valence-corrected chi connectivity index (χ1v) is 12.2. The van der Waals surface area contributed by atoms with Gasteiger partial charge < -0.3 is 9.53 Å². The van der Waals surface area contributed by atoms with E-state index in [1.54, 1.807) is 30.5 Å². The van der Waals surface area contributed by atoms with Gasteiger partial charge in [0.25, 0.3) is 5.91 Å². The molecule has 1 atom stereocenters. The van der Waals surface area contributed by atoms with E-state index in [4.69, 9.17) is 4.74 Å². The Kier molecular flexibility index (Phi) is 5.81. The first-order chi connectivity index (χ1) is 16.9. The molecule has 5 rings (SSSR count). The van der Waals surface area contributed by atoms with E-state index in [9.17, 15) is 18.0 Å². The molecule has 0 spiro atoms. The van der Waals surface area contributed by atoms with Gasteiger partial charge in [-0.15, -0.1) is 0 Å². The lowest BCUT2D eigenvalue weighted by Crippen LogP contribution is -2.30. The van der Waals surface area contributed by atoms with E-state index in [0.717, 1.165) is 23.0 Å². The normalized spacial score (nSPS) is 18.5. The van der Waals surface area contributed by atoms with Crippen molar-refractivity contribution < 1.29 is 27.1 Å². The van der Waals surface area contributed by atoms with E-state index in [0.29, 0.717) is 9.69 Å². The molecule has 178 valence electrons. The van der Waals surface area contributed by atoms with Crippen LogP contribution in [0.2, 0.25) is 0 Å². The summed E-state index contributed by atoms with van der Waals surface area (Å²) in [6.45, 7) is -0.481. The predicted molar refractivity (Wildman–Crippen MR) is 130 cm³/mol. The molecule has 0 saturated carbocycles. The van der Waals surface area contributed by atoms with Gasteiger partial charge in [-0.2, -0.15) is 8.42 Å². The molecule has 1 saturated heterocycles. The first kappa shape index (κ1) is 22.7. The van der Waals surface area contributed by atoms with E-state index in [1.807, 2.05) is 41.1 Å². The van der Waals surface area contributed by atoms with Crippen molar-refractivity contribution in [2.24, 2.45) is 4.99 Å². The fraction of sp³-hybridized carbons (Fsp3) is 0.160. The Morgan fingerprint density at radius 2 is 1.97 bits per heavy atom. The van der Waals surface area contributed by atoms with Gasteiger partial charge in [0.15, 0.2) is 5.82 Å². The zero-order chi connectivity index (χ0) is 24.6. The fourth-order valence-corrected chi connectivity index (χ4v) is 5.26. The molecule has 3 aromatic carbocycles. The van der Waals surface area contributed by atoms with Gasteiger partial charge in [0.1, 0.15) is 30.9 Å². The monoisotopic (exact) mass is 493 g/mol. The maximum atomic E-state index is 15.8. The molecule has 0 aliphatic carbocycles. The Bertz CT molecular complexity index is 1500. The summed E-state index contributed by atoms with van der Waals surface area (Å²) in [5.74, 6) is -1.58. The molecule has 10 heteroatoms. The largest absolute Gasteiger partial charge is 0.487 e. The fourth-order valence-electron chi connectivity index (χ4n) is 4.10. The van der Waals surface area contributed by atoms with Crippen LogP contribution >= 0.6 is 0 Å². The van der Waals surface area contributed by atoms with Crippen molar-refractivity contribution in [1.82, 2.24) is 4.72 Å². The van der Waals surface area contributed by atoms with Crippen LogP contribution in [-0.4, -0.2) is 39.4 Å². The van der Waals surface area contributed by atoms with Crippen LogP contribution in [0.1, 0.15) is 17.5 Å². The number of anilines is 1. The average molecular weight is 494 g/mol. The van der Waals surface area contributed by atoms with Gasteiger partial charge in [-0.1, -0.05) is 48.5 Å². The van der Waals surface area contributed by atoms with Crippen LogP contribution in [0.5, 0.6) is 5.75 Å². The summed E-state index contributed by atoms with van der Waals surface area (Å²) in [4.78, 5) is 26.9. The van der Waals surface area contributed by atoms with Crippen molar-refractivity contribution >= 4 is 50.7 Å². The van der Waals surface area contributed by atoms with Crippen molar-refractivity contribution in [2.75, 3.05) is 10.8 Å². The highest BCUT2D eigenvalue weighted by Gasteiger charge is 2.38. The van der Waals surface area contributed by atoms with Crippen molar-refractivity contribution in [2.45, 2.75) is 19.1 Å². The van der Waals surface area contributed by atoms with Crippen LogP contribution in [0.25, 0.3) is 16.3 Å². The predicted octanol–water partition coefficient (Wildman–Crippen LogP) is 3.16. The van der Waals surface area contributed by atoms with Gasteiger partial charge >= 0.3 is 10.2 Å². The molecule has 3 aromatic rings. The molecule has 1 N–H and O–H groups in total. The minimum absolute atomic E-state index is 0.0102. The lowest BCUT2D eigenvalue weighted by atomic mass is 10.00. The van der Waals surface area contributed by atoms with Crippen LogP contribution in [-0.2, 0) is 26.4 Å². The second-order valence-electron chi connectivity index (χ2n) is 8.15. The summed E-state index contributed by atoms with van der Waals surface area (Å²) in [5, 5.41) is 0.654. The topological polar surface area (TPSA) is 105 Å². The third kappa shape index (κ3) is 4.40. The summed E-state index contributed by atoms with van der Waals surface area (Å²) in [7, 11) is -4.26. The zero-order valence-corrected chi connectivity index (χ0v) is 19.2. The molecular formula is C25H20FN3O5S. The molecule has 1 fully saturated rings. The van der Waals surface area contributed by atoms with Crippen molar-refractivity contribution in [3.63, 3.8) is 0 Å². The van der Waals surface area contributed by atoms with Crippen molar-refractivity contribution in [1.29, 1.82) is 0 Å². The number of nitrogens with zero attached hydrogens (tertiary/aromatic N) is 2. The Labute approximate surface area is 200 Å². The Hall–Kier alpha value is -4.05. The quantitative estimate of drug-likeness (QED) is 0.509. The third-order valence-corrected chi connectivity index (χ3v) is 7.15. The number of carbonyl (C=O) groups excluding carboxylic acids is 2. The molecule has 8 nitrogen and oxygen atoms in total. The third-order valence-electron chi connectivity index (χ3n) is 5.77. The Balaban J connectivity index is 1.61. The number of rotatable bonds is 7. The molecule has 2 aliphatic heterocycles. The molecule has 2 aliphatic rings. The molecule has 35 heavy (non-hydrogen) atoms. The standard InChI is InChI=1S/C25H20FN3O5S/c26-24-21-7-6-17(19-11-20(8-9-30)27-13-19)10-18(21)12-22(34-15-16-4-2-1-3-5-16)25(24)29-14-23(31)28-35(29,32)33/h1-7,9-13,20H,8,14-15H2,(H,28,31). The van der Waals surface area contributed by atoms with Crippen LogP contribution < -0.4 is 13.8 Å². The zero-order valence-electron chi connectivity index (χ0n) is 18.3. The molecule has 0 bridgehead atoms. The number of aldehydes is 1. The molecule has 0 aromatic heterocycles. The van der Waals surface area contributed by atoms with Gasteiger partial charge in [0.2, 0.25) is 0 Å². The second-order valence-corrected chi connectivity index (χ2v) is 9.75. The number of benzene rings is 3. The number of allylic oxidation sites excluding steroid dienone is 1.